The molecule has 0 radical (unpaired) electrons. The highest BCUT2D eigenvalue weighted by molar-refractivity contribution is 7.30. The first kappa shape index (κ1) is 19.5. The highest BCUT2D eigenvalue weighted by Crippen LogP contribution is 2.41. The molecule has 2 aliphatic carbocycles. The molecule has 0 bridgehead atoms. The summed E-state index contributed by atoms with van der Waals surface area (Å²) in [6, 6.07) is 0. The Kier molecular flexibility index (Phi) is 8.69. The monoisotopic (exact) mass is 314 g/mol. The van der Waals surface area contributed by atoms with Gasteiger partial charge < -0.3 is 0 Å². The Hall–Kier alpha value is 0.195. The molecule has 0 aliphatic heterocycles. The van der Waals surface area contributed by atoms with Crippen molar-refractivity contribution in [2.24, 2.45) is 0 Å². The molecule has 0 atom stereocenters. The van der Waals surface area contributed by atoms with E-state index in [2.05, 4.69) is 13.8 Å². The van der Waals surface area contributed by atoms with Crippen molar-refractivity contribution in [3.63, 3.8) is 0 Å². The lowest BCUT2D eigenvalue weighted by atomic mass is 9.09. The Bertz CT molecular complexity index is 266. The number of hydrogen-bond donors (Lipinski definition) is 0. The average molecular weight is 314 g/mol. The van der Waals surface area contributed by atoms with Gasteiger partial charge in [-0.15, -0.1) is 0 Å². The number of rotatable bonds is 4. The molecule has 0 aromatic heterocycles. The van der Waals surface area contributed by atoms with Crippen molar-refractivity contribution in [2.75, 3.05) is 0 Å². The summed E-state index contributed by atoms with van der Waals surface area (Å²) in [6.07, 6.45) is 23.9. The van der Waals surface area contributed by atoms with Crippen molar-refractivity contribution >= 4 is 21.4 Å². The van der Waals surface area contributed by atoms with E-state index in [0.717, 1.165) is 0 Å². The van der Waals surface area contributed by atoms with Crippen molar-refractivity contribution in [1.29, 1.82) is 0 Å². The molecule has 0 aromatic carbocycles. The van der Waals surface area contributed by atoms with Crippen LogP contribution in [0.15, 0.2) is 0 Å². The third-order valence-electron chi connectivity index (χ3n) is 7.18. The molecule has 0 amide bonds. The average Bonchev–Trinajstić information content (AvgIpc) is 2.69. The van der Waals surface area contributed by atoms with Crippen molar-refractivity contribution in [3.8, 4) is 0 Å². The van der Waals surface area contributed by atoms with E-state index >= 15 is 0 Å². The lowest BCUT2D eigenvalue weighted by Gasteiger charge is -2.32. The summed E-state index contributed by atoms with van der Waals surface area (Å²) in [7, 11) is 4.50. The molecule has 2 fully saturated rings. The highest BCUT2D eigenvalue weighted by Gasteiger charge is 2.29. The van der Waals surface area contributed by atoms with Crippen LogP contribution in [-0.4, -0.2) is 21.4 Å². The molecule has 0 nitrogen and oxygen atoms in total. The summed E-state index contributed by atoms with van der Waals surface area (Å²) < 4.78 is 0. The van der Waals surface area contributed by atoms with Gasteiger partial charge in [-0.1, -0.05) is 127 Å². The summed E-state index contributed by atoms with van der Waals surface area (Å²) in [5.74, 6) is 0. The fourth-order valence-corrected chi connectivity index (χ4v) is 5.31. The zero-order chi connectivity index (χ0) is 16.4. The van der Waals surface area contributed by atoms with Crippen LogP contribution < -0.4 is 0 Å². The van der Waals surface area contributed by atoms with Gasteiger partial charge in [0.2, 0.25) is 0 Å². The first-order chi connectivity index (χ1) is 11.1. The summed E-state index contributed by atoms with van der Waals surface area (Å²) in [4.78, 5) is 0. The minimum absolute atomic E-state index is 0.666. The summed E-state index contributed by atoms with van der Waals surface area (Å²) in [6.45, 7) is 5.23. The van der Waals surface area contributed by atoms with Crippen LogP contribution in [0, 0.1) is 0 Å². The molecule has 2 aliphatic rings. The fraction of sp³-hybridized carbons (Fsp3) is 1.00. The maximum Gasteiger partial charge on any atom is 0.0859 e. The molecule has 130 valence electrons. The van der Waals surface area contributed by atoms with E-state index in [1.54, 1.807) is 0 Å². The predicted octanol–water partition coefficient (Wildman–Crippen LogP) is 5.75. The molecule has 0 unspecified atom stereocenters. The molecule has 0 N–H and O–H groups in total. The molecule has 0 aromatic rings. The molecule has 23 heavy (non-hydrogen) atoms. The first-order valence-electron chi connectivity index (χ1n) is 11.1. The van der Waals surface area contributed by atoms with Crippen molar-refractivity contribution in [1.82, 2.24) is 0 Å². The fourth-order valence-electron chi connectivity index (χ4n) is 5.31. The Balaban J connectivity index is 1.78. The van der Waals surface area contributed by atoms with Crippen LogP contribution >= 0.6 is 0 Å². The van der Waals surface area contributed by atoms with Crippen molar-refractivity contribution in [3.05, 3.63) is 0 Å². The topological polar surface area (TPSA) is 0 Å². The molecule has 3 heteroatoms. The van der Waals surface area contributed by atoms with Gasteiger partial charge in [-0.2, -0.15) is 0 Å². The minimum atomic E-state index is 0.666. The largest absolute Gasteiger partial charge is 0.0859 e. The van der Waals surface area contributed by atoms with E-state index in [9.17, 15) is 0 Å². The third kappa shape index (κ3) is 7.74. The Labute approximate surface area is 149 Å². The summed E-state index contributed by atoms with van der Waals surface area (Å²) in [5.41, 5.74) is 0. The smallest absolute Gasteiger partial charge is 0.0673 e. The van der Waals surface area contributed by atoms with Gasteiger partial charge in [-0.05, 0) is 0 Å². The van der Waals surface area contributed by atoms with E-state index in [0.29, 0.717) is 10.6 Å². The summed E-state index contributed by atoms with van der Waals surface area (Å²) >= 11 is 0. The van der Waals surface area contributed by atoms with Crippen LogP contribution in [0.2, 0.25) is 10.6 Å². The van der Waals surface area contributed by atoms with Gasteiger partial charge in [0.15, 0.2) is 0 Å². The van der Waals surface area contributed by atoms with Gasteiger partial charge in [-0.3, -0.25) is 0 Å². The number of hydrogen-bond acceptors (Lipinski definition) is 0. The van der Waals surface area contributed by atoms with Crippen LogP contribution in [0.1, 0.15) is 117 Å². The Morgan fingerprint density at radius 1 is 0.435 bits per heavy atom. The SMILES string of the molecule is CC1(BBBC2(C)CCCCCCCC2)CCCCCCCC1. The second kappa shape index (κ2) is 10.2. The maximum absolute atomic E-state index is 2.61. The summed E-state index contributed by atoms with van der Waals surface area (Å²) in [5, 5.41) is 1.33. The quantitative estimate of drug-likeness (QED) is 0.579. The second-order valence-corrected chi connectivity index (χ2v) is 9.72. The van der Waals surface area contributed by atoms with Gasteiger partial charge in [-0.25, -0.2) is 0 Å². The highest BCUT2D eigenvalue weighted by atomic mass is 14.2. The van der Waals surface area contributed by atoms with Gasteiger partial charge in [0.1, 0.15) is 0 Å². The first-order valence-corrected chi connectivity index (χ1v) is 11.1. The third-order valence-corrected chi connectivity index (χ3v) is 7.18. The van der Waals surface area contributed by atoms with E-state index in [1.807, 2.05) is 0 Å². The van der Waals surface area contributed by atoms with Crippen LogP contribution in [0.3, 0.4) is 0 Å². The zero-order valence-electron chi connectivity index (χ0n) is 16.4. The van der Waals surface area contributed by atoms with Gasteiger partial charge in [0, 0.05) is 0 Å². The Morgan fingerprint density at radius 3 is 1.00 bits per heavy atom. The lowest BCUT2D eigenvalue weighted by molar-refractivity contribution is 0.483. The van der Waals surface area contributed by atoms with Crippen molar-refractivity contribution < 1.29 is 0 Å². The van der Waals surface area contributed by atoms with Crippen LogP contribution in [0.25, 0.3) is 0 Å². The molecular weight excluding hydrogens is 273 g/mol. The second-order valence-electron chi connectivity index (χ2n) is 9.72. The van der Waals surface area contributed by atoms with E-state index in [1.165, 1.54) is 124 Å². The van der Waals surface area contributed by atoms with E-state index < -0.39 is 0 Å². The van der Waals surface area contributed by atoms with Gasteiger partial charge >= 0.3 is 0 Å². The molecule has 0 spiro atoms. The Morgan fingerprint density at radius 2 is 0.696 bits per heavy atom. The van der Waals surface area contributed by atoms with Gasteiger partial charge in [0.05, 0.1) is 21.4 Å². The van der Waals surface area contributed by atoms with Crippen LogP contribution in [0.5, 0.6) is 0 Å². The molecule has 0 heterocycles. The van der Waals surface area contributed by atoms with E-state index in [-0.39, 0.29) is 0 Å². The molecule has 0 saturated heterocycles. The zero-order valence-corrected chi connectivity index (χ0v) is 16.4. The maximum atomic E-state index is 2.61. The normalized spacial score (nSPS) is 26.3. The standard InChI is InChI=1S/C20H41B3/c1-19(15-11-7-3-4-8-12-16-19)21-23-22-20(2)17-13-9-5-6-10-14-18-20/h21-23H,3-18H2,1-2H3. The van der Waals surface area contributed by atoms with Gasteiger partial charge in [0.25, 0.3) is 0 Å². The van der Waals surface area contributed by atoms with Crippen molar-refractivity contribution in [2.45, 2.75) is 127 Å². The van der Waals surface area contributed by atoms with Crippen LogP contribution in [0.4, 0.5) is 0 Å². The lowest BCUT2D eigenvalue weighted by Crippen LogP contribution is -2.32. The molecular formula is C20H41B3. The predicted molar refractivity (Wildman–Crippen MR) is 112 cm³/mol. The van der Waals surface area contributed by atoms with E-state index in [4.69, 9.17) is 0 Å². The molecule has 2 rings (SSSR count). The van der Waals surface area contributed by atoms with Crippen LogP contribution in [-0.2, 0) is 0 Å². The molecule has 2 saturated carbocycles. The minimum Gasteiger partial charge on any atom is -0.0673 e.